The lowest BCUT2D eigenvalue weighted by Crippen LogP contribution is -1.90. The van der Waals surface area contributed by atoms with E-state index in [-0.39, 0.29) is 5.75 Å². The number of aromatic nitrogens is 1. The van der Waals surface area contributed by atoms with Gasteiger partial charge in [0.1, 0.15) is 10.8 Å². The van der Waals surface area contributed by atoms with Gasteiger partial charge in [0.25, 0.3) is 0 Å². The summed E-state index contributed by atoms with van der Waals surface area (Å²) in [6, 6.07) is 11.1. The Morgan fingerprint density at radius 2 is 2.00 bits per heavy atom. The van der Waals surface area contributed by atoms with Crippen LogP contribution in [-0.2, 0) is 0 Å². The van der Waals surface area contributed by atoms with Gasteiger partial charge in [-0.1, -0.05) is 0 Å². The highest BCUT2D eigenvalue weighted by molar-refractivity contribution is 14.1. The number of nitrogen functional groups attached to an aromatic ring is 1. The van der Waals surface area contributed by atoms with E-state index in [0.717, 1.165) is 30.0 Å². The van der Waals surface area contributed by atoms with Gasteiger partial charge in [-0.2, -0.15) is 0 Å². The van der Waals surface area contributed by atoms with Gasteiger partial charge in [-0.15, -0.1) is 11.3 Å². The number of thiazole rings is 1. The van der Waals surface area contributed by atoms with Crippen molar-refractivity contribution in [3.05, 3.63) is 40.0 Å². The van der Waals surface area contributed by atoms with Gasteiger partial charge in [0.05, 0.1) is 10.2 Å². The Labute approximate surface area is 121 Å². The molecule has 0 aliphatic rings. The van der Waals surface area contributed by atoms with Crippen LogP contribution in [-0.4, -0.2) is 10.1 Å². The van der Waals surface area contributed by atoms with Crippen LogP contribution in [0.5, 0.6) is 5.75 Å². The van der Waals surface area contributed by atoms with Gasteiger partial charge in [-0.05, 0) is 59.0 Å². The fourth-order valence-corrected chi connectivity index (χ4v) is 3.32. The molecule has 0 unspecified atom stereocenters. The Balaban J connectivity index is 2.19. The first-order valence-electron chi connectivity index (χ1n) is 5.28. The molecule has 5 heteroatoms. The summed E-state index contributed by atoms with van der Waals surface area (Å²) in [6.07, 6.45) is 0. The molecule has 3 nitrogen and oxygen atoms in total. The topological polar surface area (TPSA) is 59.1 Å². The molecule has 2 aromatic carbocycles. The molecule has 0 saturated carbocycles. The van der Waals surface area contributed by atoms with Crippen LogP contribution < -0.4 is 5.73 Å². The number of anilines is 1. The second-order valence-electron chi connectivity index (χ2n) is 3.90. The number of benzene rings is 2. The summed E-state index contributed by atoms with van der Waals surface area (Å²) in [4.78, 5) is 4.54. The number of rotatable bonds is 1. The number of phenols is 1. The largest absolute Gasteiger partial charge is 0.508 e. The molecule has 3 N–H and O–H groups in total. The molecule has 0 aliphatic carbocycles. The van der Waals surface area contributed by atoms with Crippen molar-refractivity contribution in [2.45, 2.75) is 0 Å². The number of hydrogen-bond donors (Lipinski definition) is 2. The quantitative estimate of drug-likeness (QED) is 0.507. The molecule has 0 amide bonds. The predicted octanol–water partition coefficient (Wildman–Crippen LogP) is 3.86. The van der Waals surface area contributed by atoms with Gasteiger partial charge < -0.3 is 10.8 Å². The predicted molar refractivity (Wildman–Crippen MR) is 83.9 cm³/mol. The Bertz CT molecular complexity index is 739. The normalized spacial score (nSPS) is 10.9. The van der Waals surface area contributed by atoms with Crippen LogP contribution in [0.25, 0.3) is 20.8 Å². The maximum absolute atomic E-state index is 9.45. The van der Waals surface area contributed by atoms with E-state index in [0.29, 0.717) is 0 Å². The number of hydrogen-bond acceptors (Lipinski definition) is 4. The average molecular weight is 368 g/mol. The van der Waals surface area contributed by atoms with E-state index in [1.165, 1.54) is 11.3 Å². The van der Waals surface area contributed by atoms with Gasteiger partial charge in [0.15, 0.2) is 0 Å². The number of nitrogens with two attached hydrogens (primary N) is 1. The Kier molecular flexibility index (Phi) is 2.87. The lowest BCUT2D eigenvalue weighted by Gasteiger charge is -2.01. The van der Waals surface area contributed by atoms with Crippen LogP contribution in [0.1, 0.15) is 0 Å². The number of nitrogens with zero attached hydrogens (tertiary/aromatic N) is 1. The third kappa shape index (κ3) is 2.04. The second-order valence-corrected chi connectivity index (χ2v) is 6.18. The SMILES string of the molecule is Nc1cc(I)ccc1-c1nc2ccc(O)cc2s1. The summed E-state index contributed by atoms with van der Waals surface area (Å²) in [5.74, 6) is 0.258. The van der Waals surface area contributed by atoms with Crippen molar-refractivity contribution in [1.29, 1.82) is 0 Å². The van der Waals surface area contributed by atoms with Crippen molar-refractivity contribution in [3.63, 3.8) is 0 Å². The molecule has 0 atom stereocenters. The fourth-order valence-electron chi connectivity index (χ4n) is 1.76. The summed E-state index contributed by atoms with van der Waals surface area (Å²) < 4.78 is 2.07. The molecular formula is C13H9IN2OS. The molecule has 3 rings (SSSR count). The molecule has 18 heavy (non-hydrogen) atoms. The third-order valence-corrected chi connectivity index (χ3v) is 4.34. The first kappa shape index (κ1) is 11.7. The highest BCUT2D eigenvalue weighted by Crippen LogP contribution is 2.35. The van der Waals surface area contributed by atoms with E-state index >= 15 is 0 Å². The number of halogens is 1. The summed E-state index contributed by atoms with van der Waals surface area (Å²) >= 11 is 3.76. The van der Waals surface area contributed by atoms with Crippen LogP contribution in [0.2, 0.25) is 0 Å². The highest BCUT2D eigenvalue weighted by atomic mass is 127. The molecule has 1 aromatic heterocycles. The van der Waals surface area contributed by atoms with E-state index in [9.17, 15) is 5.11 Å². The van der Waals surface area contributed by atoms with Crippen molar-refractivity contribution in [2.75, 3.05) is 5.73 Å². The van der Waals surface area contributed by atoms with Crippen molar-refractivity contribution in [2.24, 2.45) is 0 Å². The standard InChI is InChI=1S/C13H9IN2OS/c14-7-1-3-9(10(15)5-7)13-16-11-4-2-8(17)6-12(11)18-13/h1-6,17H,15H2. The zero-order valence-electron chi connectivity index (χ0n) is 9.22. The first-order chi connectivity index (χ1) is 8.63. The van der Waals surface area contributed by atoms with Crippen LogP contribution in [0.15, 0.2) is 36.4 Å². The van der Waals surface area contributed by atoms with Crippen LogP contribution in [0.3, 0.4) is 0 Å². The first-order valence-corrected chi connectivity index (χ1v) is 7.18. The molecule has 1 heterocycles. The molecule has 0 saturated heterocycles. The molecule has 0 spiro atoms. The van der Waals surface area contributed by atoms with Crippen molar-refractivity contribution < 1.29 is 5.11 Å². The molecule has 0 bridgehead atoms. The summed E-state index contributed by atoms with van der Waals surface area (Å²) in [5, 5.41) is 10.3. The minimum Gasteiger partial charge on any atom is -0.508 e. The minimum absolute atomic E-state index is 0.258. The monoisotopic (exact) mass is 368 g/mol. The summed E-state index contributed by atoms with van der Waals surface area (Å²) in [7, 11) is 0. The highest BCUT2D eigenvalue weighted by Gasteiger charge is 2.09. The maximum atomic E-state index is 9.45. The number of phenolic OH excluding ortho intramolecular Hbond substituents is 1. The molecule has 0 fully saturated rings. The van der Waals surface area contributed by atoms with E-state index < -0.39 is 0 Å². The van der Waals surface area contributed by atoms with E-state index in [4.69, 9.17) is 5.73 Å². The lowest BCUT2D eigenvalue weighted by atomic mass is 10.2. The fraction of sp³-hybridized carbons (Fsp3) is 0. The van der Waals surface area contributed by atoms with Crippen molar-refractivity contribution in [3.8, 4) is 16.3 Å². The Morgan fingerprint density at radius 1 is 1.17 bits per heavy atom. The van der Waals surface area contributed by atoms with Gasteiger partial charge in [0.2, 0.25) is 0 Å². The molecule has 0 aliphatic heterocycles. The Morgan fingerprint density at radius 3 is 2.78 bits per heavy atom. The van der Waals surface area contributed by atoms with Crippen molar-refractivity contribution >= 4 is 49.8 Å². The van der Waals surface area contributed by atoms with E-state index in [1.54, 1.807) is 12.1 Å². The van der Waals surface area contributed by atoms with Crippen LogP contribution in [0, 0.1) is 3.57 Å². The smallest absolute Gasteiger partial charge is 0.126 e. The summed E-state index contributed by atoms with van der Waals surface area (Å²) in [5.41, 5.74) is 8.57. The van der Waals surface area contributed by atoms with Crippen LogP contribution in [0.4, 0.5) is 5.69 Å². The van der Waals surface area contributed by atoms with E-state index in [1.807, 2.05) is 24.3 Å². The van der Waals surface area contributed by atoms with Gasteiger partial charge in [-0.3, -0.25) is 0 Å². The van der Waals surface area contributed by atoms with Crippen molar-refractivity contribution in [1.82, 2.24) is 4.98 Å². The zero-order chi connectivity index (χ0) is 12.7. The molecule has 3 aromatic rings. The number of aromatic hydroxyl groups is 1. The number of fused-ring (bicyclic) bond motifs is 1. The minimum atomic E-state index is 0.258. The summed E-state index contributed by atoms with van der Waals surface area (Å²) in [6.45, 7) is 0. The van der Waals surface area contributed by atoms with Gasteiger partial charge in [-0.25, -0.2) is 4.98 Å². The molecular weight excluding hydrogens is 359 g/mol. The zero-order valence-corrected chi connectivity index (χ0v) is 12.2. The Hall–Kier alpha value is -1.34. The maximum Gasteiger partial charge on any atom is 0.126 e. The second kappa shape index (κ2) is 4.40. The molecule has 0 radical (unpaired) electrons. The molecule has 90 valence electrons. The average Bonchev–Trinajstić information content (AvgIpc) is 2.71. The lowest BCUT2D eigenvalue weighted by molar-refractivity contribution is 0.476. The third-order valence-electron chi connectivity index (χ3n) is 2.62. The van der Waals surface area contributed by atoms with Gasteiger partial charge >= 0.3 is 0 Å². The van der Waals surface area contributed by atoms with E-state index in [2.05, 4.69) is 27.6 Å². The van der Waals surface area contributed by atoms with Gasteiger partial charge in [0, 0.05) is 14.8 Å². The van der Waals surface area contributed by atoms with Crippen LogP contribution >= 0.6 is 33.9 Å².